The molecule has 1 N–H and O–H groups in total. The summed E-state index contributed by atoms with van der Waals surface area (Å²) in [5.74, 6) is 0.868. The number of nitrogens with zero attached hydrogens (tertiary/aromatic N) is 2. The van der Waals surface area contributed by atoms with Crippen LogP contribution >= 0.6 is 22.9 Å². The van der Waals surface area contributed by atoms with Crippen molar-refractivity contribution in [2.45, 2.75) is 32.7 Å². The van der Waals surface area contributed by atoms with Gasteiger partial charge in [0.05, 0.1) is 5.39 Å². The van der Waals surface area contributed by atoms with Crippen LogP contribution in [0.1, 0.15) is 24.0 Å². The second-order valence-corrected chi connectivity index (χ2v) is 7.08. The number of nitrogens with one attached hydrogen (secondary N) is 1. The molecule has 112 valence electrons. The number of rotatable bonds is 3. The van der Waals surface area contributed by atoms with Gasteiger partial charge in [0, 0.05) is 17.0 Å². The number of aromatic nitrogens is 2. The Morgan fingerprint density at radius 1 is 1.18 bits per heavy atom. The van der Waals surface area contributed by atoms with E-state index in [9.17, 15) is 0 Å². The number of fused-ring (bicyclic) bond motifs is 1. The highest BCUT2D eigenvalue weighted by atomic mass is 35.5. The number of hydrogen-bond donors (Lipinski definition) is 1. The number of anilines is 1. The van der Waals surface area contributed by atoms with Gasteiger partial charge in [-0.15, -0.1) is 11.3 Å². The smallest absolute Gasteiger partial charge is 0.225 e. The Balaban J connectivity index is 1.91. The molecule has 0 amide bonds. The average molecular weight is 330 g/mol. The Bertz CT molecular complexity index is 868. The highest BCUT2D eigenvalue weighted by Gasteiger charge is 2.24. The van der Waals surface area contributed by atoms with Gasteiger partial charge in [-0.3, -0.25) is 0 Å². The van der Waals surface area contributed by atoms with E-state index in [1.54, 1.807) is 11.3 Å². The molecule has 5 heteroatoms. The highest BCUT2D eigenvalue weighted by molar-refractivity contribution is 7.17. The van der Waals surface area contributed by atoms with Gasteiger partial charge >= 0.3 is 0 Å². The van der Waals surface area contributed by atoms with Crippen molar-refractivity contribution in [3.8, 4) is 11.1 Å². The van der Waals surface area contributed by atoms with Gasteiger partial charge in [0.25, 0.3) is 0 Å². The standard InChI is InChI=1S/C17H16ClN3S/c1-9-3-4-11(7-10(9)2)13-8-22-16-14(13)15(19-12-5-6-12)20-17(18)21-16/h3-4,7-8,12H,5-6H2,1-2H3,(H,19,20,21). The lowest BCUT2D eigenvalue weighted by Crippen LogP contribution is -2.04. The molecule has 0 bridgehead atoms. The van der Waals surface area contributed by atoms with Gasteiger partial charge in [-0.2, -0.15) is 0 Å². The summed E-state index contributed by atoms with van der Waals surface area (Å²) < 4.78 is 0. The van der Waals surface area contributed by atoms with E-state index in [0.29, 0.717) is 11.3 Å². The largest absolute Gasteiger partial charge is 0.367 e. The van der Waals surface area contributed by atoms with Crippen LogP contribution in [0, 0.1) is 13.8 Å². The van der Waals surface area contributed by atoms with Gasteiger partial charge in [0.2, 0.25) is 5.28 Å². The number of hydrogen-bond acceptors (Lipinski definition) is 4. The van der Waals surface area contributed by atoms with Crippen molar-refractivity contribution in [3.05, 3.63) is 40.0 Å². The van der Waals surface area contributed by atoms with Crippen LogP contribution in [0.15, 0.2) is 23.6 Å². The maximum absolute atomic E-state index is 6.07. The lowest BCUT2D eigenvalue weighted by atomic mass is 10.0. The molecule has 22 heavy (non-hydrogen) atoms. The summed E-state index contributed by atoms with van der Waals surface area (Å²) >= 11 is 7.69. The van der Waals surface area contributed by atoms with Crippen LogP contribution < -0.4 is 5.32 Å². The maximum atomic E-state index is 6.07. The Hall–Kier alpha value is -1.65. The van der Waals surface area contributed by atoms with Crippen LogP contribution in [0.5, 0.6) is 0 Å². The van der Waals surface area contributed by atoms with Gasteiger partial charge in [0.1, 0.15) is 10.6 Å². The van der Waals surface area contributed by atoms with Gasteiger partial charge in [-0.25, -0.2) is 9.97 Å². The fraction of sp³-hybridized carbons (Fsp3) is 0.294. The fourth-order valence-corrected chi connectivity index (χ4v) is 3.73. The van der Waals surface area contributed by atoms with Crippen molar-refractivity contribution < 1.29 is 0 Å². The second kappa shape index (κ2) is 5.21. The van der Waals surface area contributed by atoms with E-state index in [4.69, 9.17) is 11.6 Å². The molecule has 2 aromatic heterocycles. The molecule has 0 radical (unpaired) electrons. The summed E-state index contributed by atoms with van der Waals surface area (Å²) in [5.41, 5.74) is 4.99. The molecule has 1 saturated carbocycles. The topological polar surface area (TPSA) is 37.8 Å². The highest BCUT2D eigenvalue weighted by Crippen LogP contribution is 2.39. The van der Waals surface area contributed by atoms with E-state index >= 15 is 0 Å². The second-order valence-electron chi connectivity index (χ2n) is 5.89. The lowest BCUT2D eigenvalue weighted by Gasteiger charge is -2.09. The average Bonchev–Trinajstić information content (AvgIpc) is 3.19. The Labute approximate surface area is 138 Å². The normalized spacial score (nSPS) is 14.5. The third kappa shape index (κ3) is 2.46. The van der Waals surface area contributed by atoms with Crippen molar-refractivity contribution in [3.63, 3.8) is 0 Å². The Morgan fingerprint density at radius 2 is 2.00 bits per heavy atom. The van der Waals surface area contributed by atoms with Crippen LogP contribution in [-0.2, 0) is 0 Å². The third-order valence-electron chi connectivity index (χ3n) is 4.14. The molecular weight excluding hydrogens is 314 g/mol. The zero-order valence-electron chi connectivity index (χ0n) is 12.5. The molecule has 0 aliphatic heterocycles. The number of benzene rings is 1. The minimum atomic E-state index is 0.309. The first-order valence-electron chi connectivity index (χ1n) is 7.41. The fourth-order valence-electron chi connectivity index (χ4n) is 2.56. The summed E-state index contributed by atoms with van der Waals surface area (Å²) in [6.45, 7) is 4.28. The molecule has 1 aliphatic carbocycles. The van der Waals surface area contributed by atoms with E-state index in [2.05, 4.69) is 52.7 Å². The predicted octanol–water partition coefficient (Wildman–Crippen LogP) is 5.20. The molecule has 1 fully saturated rings. The number of aryl methyl sites for hydroxylation is 2. The van der Waals surface area contributed by atoms with Crippen LogP contribution in [0.3, 0.4) is 0 Å². The van der Waals surface area contributed by atoms with Gasteiger partial charge < -0.3 is 5.32 Å². The molecule has 3 nitrogen and oxygen atoms in total. The van der Waals surface area contributed by atoms with E-state index in [1.165, 1.54) is 35.1 Å². The summed E-state index contributed by atoms with van der Waals surface area (Å²) in [5, 5.41) is 7.04. The first-order valence-corrected chi connectivity index (χ1v) is 8.66. The van der Waals surface area contributed by atoms with Crippen molar-refractivity contribution in [1.82, 2.24) is 9.97 Å². The summed E-state index contributed by atoms with van der Waals surface area (Å²) in [6.07, 6.45) is 2.40. The number of halogens is 1. The molecule has 0 unspecified atom stereocenters. The molecule has 4 rings (SSSR count). The summed E-state index contributed by atoms with van der Waals surface area (Å²) in [4.78, 5) is 9.75. The predicted molar refractivity (Wildman–Crippen MR) is 94.0 cm³/mol. The van der Waals surface area contributed by atoms with Crippen molar-refractivity contribution in [2.75, 3.05) is 5.32 Å². The summed E-state index contributed by atoms with van der Waals surface area (Å²) in [6, 6.07) is 7.09. The molecule has 1 aromatic carbocycles. The number of thiophene rings is 1. The first kappa shape index (κ1) is 14.0. The molecule has 1 aliphatic rings. The van der Waals surface area contributed by atoms with Crippen LogP contribution in [-0.4, -0.2) is 16.0 Å². The van der Waals surface area contributed by atoms with Gasteiger partial charge in [-0.1, -0.05) is 18.2 Å². The van der Waals surface area contributed by atoms with Crippen molar-refractivity contribution in [1.29, 1.82) is 0 Å². The summed E-state index contributed by atoms with van der Waals surface area (Å²) in [7, 11) is 0. The van der Waals surface area contributed by atoms with Crippen molar-refractivity contribution in [2.24, 2.45) is 0 Å². The molecule has 3 aromatic rings. The molecule has 0 saturated heterocycles. The van der Waals surface area contributed by atoms with E-state index in [0.717, 1.165) is 16.0 Å². The zero-order valence-corrected chi connectivity index (χ0v) is 14.1. The molecule has 2 heterocycles. The quantitative estimate of drug-likeness (QED) is 0.671. The Kier molecular flexibility index (Phi) is 3.31. The van der Waals surface area contributed by atoms with Crippen molar-refractivity contribution >= 4 is 39.0 Å². The van der Waals surface area contributed by atoms with Crippen LogP contribution in [0.2, 0.25) is 5.28 Å². The van der Waals surface area contributed by atoms with E-state index in [-0.39, 0.29) is 0 Å². The van der Waals surface area contributed by atoms with Crippen LogP contribution in [0.25, 0.3) is 21.3 Å². The minimum absolute atomic E-state index is 0.309. The van der Waals surface area contributed by atoms with E-state index < -0.39 is 0 Å². The lowest BCUT2D eigenvalue weighted by molar-refractivity contribution is 1.11. The third-order valence-corrected chi connectivity index (χ3v) is 5.18. The van der Waals surface area contributed by atoms with Gasteiger partial charge in [-0.05, 0) is 55.0 Å². The first-order chi connectivity index (χ1) is 10.6. The zero-order chi connectivity index (χ0) is 15.3. The minimum Gasteiger partial charge on any atom is -0.367 e. The molecular formula is C17H16ClN3S. The van der Waals surface area contributed by atoms with Crippen LogP contribution in [0.4, 0.5) is 5.82 Å². The Morgan fingerprint density at radius 3 is 2.73 bits per heavy atom. The molecule has 0 atom stereocenters. The molecule has 0 spiro atoms. The SMILES string of the molecule is Cc1ccc(-c2csc3nc(Cl)nc(NC4CC4)c23)cc1C. The monoisotopic (exact) mass is 329 g/mol. The van der Waals surface area contributed by atoms with Gasteiger partial charge in [0.15, 0.2) is 0 Å². The maximum Gasteiger partial charge on any atom is 0.225 e. The van der Waals surface area contributed by atoms with E-state index in [1.807, 2.05) is 0 Å².